The number of para-hydroxylation sites is 1. The Kier molecular flexibility index (Phi) is 3.91. The van der Waals surface area contributed by atoms with Gasteiger partial charge in [-0.2, -0.15) is 0 Å². The Hall–Kier alpha value is -4.27. The van der Waals surface area contributed by atoms with Crippen LogP contribution in [-0.4, -0.2) is 24.8 Å². The number of hydrogen-bond acceptors (Lipinski definition) is 7. The summed E-state index contributed by atoms with van der Waals surface area (Å²) in [7, 11) is 0. The third kappa shape index (κ3) is 3.04. The molecule has 142 valence electrons. The molecule has 0 atom stereocenters. The van der Waals surface area contributed by atoms with Crippen LogP contribution >= 0.6 is 0 Å². The van der Waals surface area contributed by atoms with Crippen LogP contribution < -0.4 is 10.5 Å². The van der Waals surface area contributed by atoms with Gasteiger partial charge < -0.3 is 10.5 Å². The van der Waals surface area contributed by atoms with E-state index in [2.05, 4.69) is 20.3 Å². The maximum atomic E-state index is 13.1. The number of nitrogen functional groups attached to an aromatic ring is 1. The van der Waals surface area contributed by atoms with Crippen LogP contribution in [0.2, 0.25) is 0 Å². The number of halogens is 1. The molecule has 29 heavy (non-hydrogen) atoms. The highest BCUT2D eigenvalue weighted by molar-refractivity contribution is 5.84. The molecule has 3 aromatic heterocycles. The molecule has 0 aliphatic carbocycles. The number of hydrogen-bond donors (Lipinski definition) is 1. The minimum Gasteiger partial charge on any atom is -0.439 e. The van der Waals surface area contributed by atoms with Gasteiger partial charge in [-0.05, 0) is 46.7 Å². The standard InChI is InChI=1S/C20H13FN6O2/c21-12-6-8-14(9-7-12)28-17-10-16-15(11-23-17)24-20(18-19(22)26-29-25-18)27(16)13-4-2-1-3-5-13/h1-11H,(H2,22,26). The first kappa shape index (κ1) is 16.9. The Balaban J connectivity index is 1.68. The number of benzene rings is 2. The van der Waals surface area contributed by atoms with Crippen LogP contribution in [0, 0.1) is 5.82 Å². The Morgan fingerprint density at radius 3 is 2.52 bits per heavy atom. The lowest BCUT2D eigenvalue weighted by atomic mass is 10.3. The molecule has 0 unspecified atom stereocenters. The summed E-state index contributed by atoms with van der Waals surface area (Å²) < 4.78 is 25.5. The first-order valence-electron chi connectivity index (χ1n) is 8.65. The zero-order valence-electron chi connectivity index (χ0n) is 14.9. The second kappa shape index (κ2) is 6.71. The molecular formula is C20H13FN6O2. The Labute approximate surface area is 163 Å². The van der Waals surface area contributed by atoms with Crippen LogP contribution in [0.3, 0.4) is 0 Å². The monoisotopic (exact) mass is 388 g/mol. The predicted octanol–water partition coefficient (Wildman–Crippen LogP) is 3.98. The molecule has 3 heterocycles. The van der Waals surface area contributed by atoms with Crippen molar-refractivity contribution in [2.75, 3.05) is 5.73 Å². The van der Waals surface area contributed by atoms with Gasteiger partial charge in [0.15, 0.2) is 17.3 Å². The van der Waals surface area contributed by atoms with Gasteiger partial charge in [0.2, 0.25) is 5.88 Å². The van der Waals surface area contributed by atoms with E-state index >= 15 is 0 Å². The maximum absolute atomic E-state index is 13.1. The predicted molar refractivity (Wildman–Crippen MR) is 103 cm³/mol. The van der Waals surface area contributed by atoms with E-state index in [0.29, 0.717) is 28.7 Å². The zero-order chi connectivity index (χ0) is 19.8. The summed E-state index contributed by atoms with van der Waals surface area (Å²) in [5.74, 6) is 1.05. The van der Waals surface area contributed by atoms with Gasteiger partial charge in [-0.15, -0.1) is 0 Å². The van der Waals surface area contributed by atoms with E-state index in [1.165, 1.54) is 24.3 Å². The molecule has 2 aromatic carbocycles. The SMILES string of the molecule is Nc1nonc1-c1nc2cnc(Oc3ccc(F)cc3)cc2n1-c1ccccc1. The summed E-state index contributed by atoms with van der Waals surface area (Å²) in [6, 6.07) is 17.0. The molecule has 0 aliphatic rings. The zero-order valence-corrected chi connectivity index (χ0v) is 14.9. The van der Waals surface area contributed by atoms with E-state index in [-0.39, 0.29) is 11.6 Å². The minimum absolute atomic E-state index is 0.133. The van der Waals surface area contributed by atoms with E-state index in [4.69, 9.17) is 15.1 Å². The number of imidazole rings is 1. The van der Waals surface area contributed by atoms with Gasteiger partial charge in [0.05, 0.1) is 11.7 Å². The number of aromatic nitrogens is 5. The Bertz CT molecular complexity index is 1300. The van der Waals surface area contributed by atoms with Crippen molar-refractivity contribution in [1.29, 1.82) is 0 Å². The summed E-state index contributed by atoms with van der Waals surface area (Å²) in [6.45, 7) is 0. The number of rotatable bonds is 4. The molecule has 0 saturated heterocycles. The van der Waals surface area contributed by atoms with Crippen LogP contribution in [0.5, 0.6) is 11.6 Å². The Morgan fingerprint density at radius 2 is 1.79 bits per heavy atom. The lowest BCUT2D eigenvalue weighted by Crippen LogP contribution is -2.00. The number of nitrogens with two attached hydrogens (primary N) is 1. The fourth-order valence-corrected chi connectivity index (χ4v) is 2.99. The van der Waals surface area contributed by atoms with Crippen LogP contribution in [0.25, 0.3) is 28.2 Å². The van der Waals surface area contributed by atoms with Crippen LogP contribution in [-0.2, 0) is 0 Å². The fraction of sp³-hybridized carbons (Fsp3) is 0. The number of anilines is 1. The fourth-order valence-electron chi connectivity index (χ4n) is 2.99. The molecule has 5 rings (SSSR count). The van der Waals surface area contributed by atoms with Gasteiger partial charge in [-0.25, -0.2) is 19.0 Å². The second-order valence-electron chi connectivity index (χ2n) is 6.17. The summed E-state index contributed by atoms with van der Waals surface area (Å²) in [4.78, 5) is 8.90. The molecule has 0 radical (unpaired) electrons. The molecule has 2 N–H and O–H groups in total. The van der Waals surface area contributed by atoms with Crippen molar-refractivity contribution in [2.45, 2.75) is 0 Å². The van der Waals surface area contributed by atoms with Crippen LogP contribution in [0.4, 0.5) is 10.2 Å². The van der Waals surface area contributed by atoms with Crippen molar-refractivity contribution in [1.82, 2.24) is 24.8 Å². The van der Waals surface area contributed by atoms with E-state index in [1.54, 1.807) is 12.3 Å². The second-order valence-corrected chi connectivity index (χ2v) is 6.17. The topological polar surface area (TPSA) is 105 Å². The molecule has 0 saturated carbocycles. The van der Waals surface area contributed by atoms with Crippen molar-refractivity contribution in [3.63, 3.8) is 0 Å². The molecule has 8 nitrogen and oxygen atoms in total. The lowest BCUT2D eigenvalue weighted by Gasteiger charge is -2.09. The van der Waals surface area contributed by atoms with E-state index < -0.39 is 0 Å². The largest absolute Gasteiger partial charge is 0.439 e. The summed E-state index contributed by atoms with van der Waals surface area (Å²) in [6.07, 6.45) is 1.58. The molecule has 0 aliphatic heterocycles. The molecule has 0 fully saturated rings. The van der Waals surface area contributed by atoms with Gasteiger partial charge in [-0.3, -0.25) is 4.57 Å². The van der Waals surface area contributed by atoms with Crippen molar-refractivity contribution in [3.05, 3.63) is 72.7 Å². The van der Waals surface area contributed by atoms with Gasteiger partial charge >= 0.3 is 0 Å². The van der Waals surface area contributed by atoms with Gasteiger partial charge in [-0.1, -0.05) is 18.2 Å². The highest BCUT2D eigenvalue weighted by Crippen LogP contribution is 2.31. The third-order valence-electron chi connectivity index (χ3n) is 4.29. The summed E-state index contributed by atoms with van der Waals surface area (Å²) in [5, 5.41) is 7.53. The Morgan fingerprint density at radius 1 is 1.00 bits per heavy atom. The first-order chi connectivity index (χ1) is 14.2. The lowest BCUT2D eigenvalue weighted by molar-refractivity contribution is 0.310. The number of nitrogens with zero attached hydrogens (tertiary/aromatic N) is 5. The average molecular weight is 388 g/mol. The number of ether oxygens (including phenoxy) is 1. The van der Waals surface area contributed by atoms with Crippen molar-refractivity contribution >= 4 is 16.9 Å². The van der Waals surface area contributed by atoms with Gasteiger partial charge in [0.1, 0.15) is 17.1 Å². The third-order valence-corrected chi connectivity index (χ3v) is 4.29. The van der Waals surface area contributed by atoms with Gasteiger partial charge in [0.25, 0.3) is 0 Å². The highest BCUT2D eigenvalue weighted by atomic mass is 19.1. The van der Waals surface area contributed by atoms with Crippen molar-refractivity contribution < 1.29 is 13.8 Å². The van der Waals surface area contributed by atoms with Crippen molar-refractivity contribution in [3.8, 4) is 28.8 Å². The smallest absolute Gasteiger partial charge is 0.221 e. The summed E-state index contributed by atoms with van der Waals surface area (Å²) >= 11 is 0. The van der Waals surface area contributed by atoms with E-state index in [9.17, 15) is 4.39 Å². The molecular weight excluding hydrogens is 375 g/mol. The molecule has 9 heteroatoms. The summed E-state index contributed by atoms with van der Waals surface area (Å²) in [5.41, 5.74) is 8.39. The number of pyridine rings is 1. The molecule has 0 spiro atoms. The van der Waals surface area contributed by atoms with E-state index in [0.717, 1.165) is 11.2 Å². The van der Waals surface area contributed by atoms with Crippen molar-refractivity contribution in [2.24, 2.45) is 0 Å². The molecule has 5 aromatic rings. The molecule has 0 bridgehead atoms. The van der Waals surface area contributed by atoms with Crippen LogP contribution in [0.15, 0.2) is 71.5 Å². The number of fused-ring (bicyclic) bond motifs is 1. The van der Waals surface area contributed by atoms with Gasteiger partial charge in [0, 0.05) is 11.8 Å². The van der Waals surface area contributed by atoms with E-state index in [1.807, 2.05) is 34.9 Å². The average Bonchev–Trinajstić information content (AvgIpc) is 3.33. The minimum atomic E-state index is -0.341. The van der Waals surface area contributed by atoms with Crippen LogP contribution in [0.1, 0.15) is 0 Å². The maximum Gasteiger partial charge on any atom is 0.221 e. The first-order valence-corrected chi connectivity index (χ1v) is 8.65. The quantitative estimate of drug-likeness (QED) is 0.496. The highest BCUT2D eigenvalue weighted by Gasteiger charge is 2.21. The normalized spacial score (nSPS) is 11.1. The molecule has 0 amide bonds.